The molecular formula is C21H30N4O2. The van der Waals surface area contributed by atoms with E-state index in [0.29, 0.717) is 18.2 Å². The summed E-state index contributed by atoms with van der Waals surface area (Å²) in [5, 5.41) is 4.52. The molecule has 1 aromatic heterocycles. The van der Waals surface area contributed by atoms with Crippen LogP contribution >= 0.6 is 0 Å². The second-order valence-electron chi connectivity index (χ2n) is 7.73. The van der Waals surface area contributed by atoms with Gasteiger partial charge in [-0.1, -0.05) is 13.8 Å². The monoisotopic (exact) mass is 370 g/mol. The van der Waals surface area contributed by atoms with Crippen molar-refractivity contribution in [3.8, 4) is 5.75 Å². The first-order valence-corrected chi connectivity index (χ1v) is 9.62. The normalized spacial score (nSPS) is 17.5. The summed E-state index contributed by atoms with van der Waals surface area (Å²) in [6, 6.07) is 10.2. The van der Waals surface area contributed by atoms with Gasteiger partial charge in [0.05, 0.1) is 12.8 Å². The number of carbonyl (C=O) groups excluding carboxylic acids is 1. The molecule has 1 aliphatic rings. The average molecular weight is 370 g/mol. The van der Waals surface area contributed by atoms with Crippen LogP contribution in [0.4, 0.5) is 5.69 Å². The molecule has 0 saturated carbocycles. The molecule has 0 spiro atoms. The Morgan fingerprint density at radius 1 is 1.26 bits per heavy atom. The van der Waals surface area contributed by atoms with Crippen molar-refractivity contribution in [1.82, 2.24) is 14.7 Å². The number of aromatic nitrogens is 2. The molecule has 1 aromatic carbocycles. The average Bonchev–Trinajstić information content (AvgIpc) is 3.00. The van der Waals surface area contributed by atoms with Crippen LogP contribution in [0.5, 0.6) is 5.75 Å². The number of methoxy groups -OCH3 is 1. The van der Waals surface area contributed by atoms with Crippen molar-refractivity contribution >= 4 is 11.6 Å². The Morgan fingerprint density at radius 3 is 2.56 bits per heavy atom. The minimum absolute atomic E-state index is 0.0712. The SMILES string of the molecule is COc1ccc(N2CCN(C(=O)c3cc(CC(C)C)nn3C)[C@H](C)C2)cc1. The number of rotatable bonds is 5. The predicted molar refractivity (Wildman–Crippen MR) is 107 cm³/mol. The van der Waals surface area contributed by atoms with E-state index in [1.807, 2.05) is 30.1 Å². The summed E-state index contributed by atoms with van der Waals surface area (Å²) in [5.74, 6) is 1.45. The minimum Gasteiger partial charge on any atom is -0.497 e. The topological polar surface area (TPSA) is 50.6 Å². The van der Waals surface area contributed by atoms with Crippen molar-refractivity contribution in [3.05, 3.63) is 41.7 Å². The number of piperazine rings is 1. The fourth-order valence-corrected chi connectivity index (χ4v) is 3.68. The number of nitrogens with zero attached hydrogens (tertiary/aromatic N) is 4. The van der Waals surface area contributed by atoms with Gasteiger partial charge in [0, 0.05) is 38.4 Å². The van der Waals surface area contributed by atoms with Gasteiger partial charge in [0.1, 0.15) is 11.4 Å². The summed E-state index contributed by atoms with van der Waals surface area (Å²) in [6.07, 6.45) is 0.891. The molecule has 0 N–H and O–H groups in total. The van der Waals surface area contributed by atoms with Crippen molar-refractivity contribution in [2.75, 3.05) is 31.6 Å². The smallest absolute Gasteiger partial charge is 0.272 e. The Morgan fingerprint density at radius 2 is 1.96 bits per heavy atom. The second kappa shape index (κ2) is 8.03. The zero-order valence-electron chi connectivity index (χ0n) is 17.0. The zero-order valence-corrected chi connectivity index (χ0v) is 17.0. The molecule has 6 nitrogen and oxygen atoms in total. The highest BCUT2D eigenvalue weighted by molar-refractivity contribution is 5.93. The molecule has 3 rings (SSSR count). The van der Waals surface area contributed by atoms with Crippen molar-refractivity contribution in [3.63, 3.8) is 0 Å². The van der Waals surface area contributed by atoms with Gasteiger partial charge in [-0.2, -0.15) is 5.10 Å². The summed E-state index contributed by atoms with van der Waals surface area (Å²) >= 11 is 0. The van der Waals surface area contributed by atoms with Crippen LogP contribution in [0.2, 0.25) is 0 Å². The molecule has 1 fully saturated rings. The van der Waals surface area contributed by atoms with Gasteiger partial charge < -0.3 is 14.5 Å². The molecule has 0 aliphatic carbocycles. The Balaban J connectivity index is 1.68. The van der Waals surface area contributed by atoms with Crippen LogP contribution in [0.1, 0.15) is 37.0 Å². The number of ether oxygens (including phenoxy) is 1. The summed E-state index contributed by atoms with van der Waals surface area (Å²) < 4.78 is 6.96. The fraction of sp³-hybridized carbons (Fsp3) is 0.524. The van der Waals surface area contributed by atoms with Gasteiger partial charge in [0.2, 0.25) is 0 Å². The number of anilines is 1. The van der Waals surface area contributed by atoms with E-state index >= 15 is 0 Å². The Labute approximate surface area is 161 Å². The highest BCUT2D eigenvalue weighted by Crippen LogP contribution is 2.23. The molecule has 2 heterocycles. The van der Waals surface area contributed by atoms with Crippen LogP contribution < -0.4 is 9.64 Å². The highest BCUT2D eigenvalue weighted by Gasteiger charge is 2.30. The maximum absolute atomic E-state index is 13.1. The van der Waals surface area contributed by atoms with Gasteiger partial charge in [-0.05, 0) is 49.6 Å². The Hall–Kier alpha value is -2.50. The molecule has 146 valence electrons. The molecule has 1 saturated heterocycles. The first-order valence-electron chi connectivity index (χ1n) is 9.62. The number of carbonyl (C=O) groups is 1. The lowest BCUT2D eigenvalue weighted by Crippen LogP contribution is -2.54. The van der Waals surface area contributed by atoms with E-state index in [1.54, 1.807) is 11.8 Å². The molecular weight excluding hydrogens is 340 g/mol. The van der Waals surface area contributed by atoms with E-state index < -0.39 is 0 Å². The number of benzene rings is 1. The first-order chi connectivity index (χ1) is 12.9. The van der Waals surface area contributed by atoms with Crippen molar-refractivity contribution in [2.45, 2.75) is 33.2 Å². The molecule has 6 heteroatoms. The van der Waals surface area contributed by atoms with E-state index in [-0.39, 0.29) is 11.9 Å². The van der Waals surface area contributed by atoms with Gasteiger partial charge in [0.15, 0.2) is 0 Å². The maximum Gasteiger partial charge on any atom is 0.272 e. The molecule has 27 heavy (non-hydrogen) atoms. The van der Waals surface area contributed by atoms with E-state index in [0.717, 1.165) is 36.6 Å². The molecule has 0 unspecified atom stereocenters. The summed E-state index contributed by atoms with van der Waals surface area (Å²) in [4.78, 5) is 17.4. The first kappa shape index (κ1) is 19.3. The van der Waals surface area contributed by atoms with E-state index in [1.165, 1.54) is 0 Å². The van der Waals surface area contributed by atoms with Crippen LogP contribution in [-0.4, -0.2) is 53.4 Å². The van der Waals surface area contributed by atoms with Crippen molar-refractivity contribution in [1.29, 1.82) is 0 Å². The maximum atomic E-state index is 13.1. The lowest BCUT2D eigenvalue weighted by molar-refractivity contribution is 0.0663. The molecule has 0 bridgehead atoms. The standard InChI is InChI=1S/C21H30N4O2/c1-15(2)12-17-13-20(23(4)22-17)21(26)25-11-10-24(14-16(25)3)18-6-8-19(27-5)9-7-18/h6-9,13,15-16H,10-12,14H2,1-5H3/t16-/m1/s1. The van der Waals surface area contributed by atoms with Gasteiger partial charge in [-0.15, -0.1) is 0 Å². The quantitative estimate of drug-likeness (QED) is 0.812. The van der Waals surface area contributed by atoms with Gasteiger partial charge in [0.25, 0.3) is 5.91 Å². The highest BCUT2D eigenvalue weighted by atomic mass is 16.5. The second-order valence-corrected chi connectivity index (χ2v) is 7.73. The Kier molecular flexibility index (Phi) is 5.73. The van der Waals surface area contributed by atoms with Gasteiger partial charge in [-0.25, -0.2) is 0 Å². The lowest BCUT2D eigenvalue weighted by atomic mass is 10.1. The Bertz CT molecular complexity index is 782. The van der Waals surface area contributed by atoms with Crippen LogP contribution in [-0.2, 0) is 13.5 Å². The van der Waals surface area contributed by atoms with Crippen LogP contribution in [0, 0.1) is 5.92 Å². The number of aryl methyl sites for hydroxylation is 1. The summed E-state index contributed by atoms with van der Waals surface area (Å²) in [6.45, 7) is 8.77. The number of hydrogen-bond acceptors (Lipinski definition) is 4. The summed E-state index contributed by atoms with van der Waals surface area (Å²) in [5.41, 5.74) is 2.82. The number of hydrogen-bond donors (Lipinski definition) is 0. The predicted octanol–water partition coefficient (Wildman–Crippen LogP) is 2.98. The van der Waals surface area contributed by atoms with E-state index in [9.17, 15) is 4.79 Å². The van der Waals surface area contributed by atoms with Crippen LogP contribution in [0.3, 0.4) is 0 Å². The van der Waals surface area contributed by atoms with Crippen molar-refractivity contribution < 1.29 is 9.53 Å². The third-order valence-corrected chi connectivity index (χ3v) is 5.09. The fourth-order valence-electron chi connectivity index (χ4n) is 3.68. The molecule has 2 aromatic rings. The third kappa shape index (κ3) is 4.26. The van der Waals surface area contributed by atoms with Crippen molar-refractivity contribution in [2.24, 2.45) is 13.0 Å². The van der Waals surface area contributed by atoms with Crippen LogP contribution in [0.15, 0.2) is 30.3 Å². The molecule has 1 atom stereocenters. The minimum atomic E-state index is 0.0712. The van der Waals surface area contributed by atoms with E-state index in [4.69, 9.17) is 4.74 Å². The summed E-state index contributed by atoms with van der Waals surface area (Å²) in [7, 11) is 3.53. The molecule has 1 amide bonds. The van der Waals surface area contributed by atoms with Crippen LogP contribution in [0.25, 0.3) is 0 Å². The van der Waals surface area contributed by atoms with Gasteiger partial charge >= 0.3 is 0 Å². The van der Waals surface area contributed by atoms with Gasteiger partial charge in [-0.3, -0.25) is 9.48 Å². The molecule has 0 radical (unpaired) electrons. The largest absolute Gasteiger partial charge is 0.497 e. The molecule has 1 aliphatic heterocycles. The zero-order chi connectivity index (χ0) is 19.6. The number of amides is 1. The third-order valence-electron chi connectivity index (χ3n) is 5.09. The van der Waals surface area contributed by atoms with E-state index in [2.05, 4.69) is 42.9 Å². The lowest BCUT2D eigenvalue weighted by Gasteiger charge is -2.41.